The van der Waals surface area contributed by atoms with Crippen molar-refractivity contribution >= 4 is 6.41 Å². The van der Waals surface area contributed by atoms with Gasteiger partial charge in [0, 0.05) is 13.1 Å². The van der Waals surface area contributed by atoms with Crippen molar-refractivity contribution in [3.05, 3.63) is 0 Å². The summed E-state index contributed by atoms with van der Waals surface area (Å²) in [6.45, 7) is 1.23. The minimum absolute atomic E-state index is 0.278. The Bertz CT molecular complexity index is 94.4. The standard InChI is InChI=1S/C5H9NO2/c7-4-6-2-1-5(8)3-6/h4-5,8H,1-3H2. The molecular formula is C5H9NO2. The number of carbonyl (C=O) groups is 1. The smallest absolute Gasteiger partial charge is 0.209 e. The third-order valence-electron chi connectivity index (χ3n) is 1.34. The zero-order valence-electron chi connectivity index (χ0n) is 4.58. The highest BCUT2D eigenvalue weighted by atomic mass is 16.3. The molecule has 1 heterocycles. The molecule has 1 saturated heterocycles. The molecule has 1 unspecified atom stereocenters. The van der Waals surface area contributed by atoms with E-state index in [2.05, 4.69) is 0 Å². The molecule has 1 atom stereocenters. The topological polar surface area (TPSA) is 40.5 Å². The van der Waals surface area contributed by atoms with Gasteiger partial charge >= 0.3 is 0 Å². The van der Waals surface area contributed by atoms with Crippen LogP contribution >= 0.6 is 0 Å². The molecule has 3 nitrogen and oxygen atoms in total. The number of amides is 1. The molecule has 46 valence electrons. The van der Waals surface area contributed by atoms with E-state index in [-0.39, 0.29) is 6.10 Å². The Balaban J connectivity index is 2.32. The Kier molecular flexibility index (Phi) is 1.48. The van der Waals surface area contributed by atoms with E-state index in [4.69, 9.17) is 5.11 Å². The van der Waals surface area contributed by atoms with E-state index in [1.165, 1.54) is 0 Å². The van der Waals surface area contributed by atoms with Crippen molar-refractivity contribution < 1.29 is 9.90 Å². The average Bonchev–Trinajstić information content (AvgIpc) is 2.14. The molecule has 0 aromatic carbocycles. The fourth-order valence-electron chi connectivity index (χ4n) is 0.864. The number of hydrogen-bond acceptors (Lipinski definition) is 2. The minimum Gasteiger partial charge on any atom is -0.391 e. The Labute approximate surface area is 47.9 Å². The molecule has 0 aliphatic carbocycles. The van der Waals surface area contributed by atoms with Gasteiger partial charge in [-0.1, -0.05) is 0 Å². The molecule has 1 fully saturated rings. The van der Waals surface area contributed by atoms with Crippen molar-refractivity contribution in [3.63, 3.8) is 0 Å². The molecule has 8 heavy (non-hydrogen) atoms. The summed E-state index contributed by atoms with van der Waals surface area (Å²) in [4.78, 5) is 11.5. The lowest BCUT2D eigenvalue weighted by Crippen LogP contribution is -2.19. The van der Waals surface area contributed by atoms with Gasteiger partial charge in [0.2, 0.25) is 6.41 Å². The Morgan fingerprint density at radius 1 is 1.75 bits per heavy atom. The maximum atomic E-state index is 9.97. The second-order valence-electron chi connectivity index (χ2n) is 2.04. The van der Waals surface area contributed by atoms with Crippen LogP contribution in [0.5, 0.6) is 0 Å². The normalized spacial score (nSPS) is 28.6. The van der Waals surface area contributed by atoms with E-state index in [0.717, 1.165) is 12.8 Å². The van der Waals surface area contributed by atoms with Crippen LogP contribution in [-0.2, 0) is 4.79 Å². The monoisotopic (exact) mass is 115 g/mol. The summed E-state index contributed by atoms with van der Waals surface area (Å²) < 4.78 is 0. The van der Waals surface area contributed by atoms with Crippen molar-refractivity contribution in [2.45, 2.75) is 12.5 Å². The average molecular weight is 115 g/mol. The summed E-state index contributed by atoms with van der Waals surface area (Å²) in [5.41, 5.74) is 0. The SMILES string of the molecule is O=CN1CCC(O)C1. The van der Waals surface area contributed by atoms with Gasteiger partial charge in [-0.15, -0.1) is 0 Å². The summed E-state index contributed by atoms with van der Waals surface area (Å²) in [7, 11) is 0. The van der Waals surface area contributed by atoms with E-state index in [1.54, 1.807) is 4.90 Å². The van der Waals surface area contributed by atoms with Crippen LogP contribution in [0.3, 0.4) is 0 Å². The zero-order chi connectivity index (χ0) is 5.98. The summed E-state index contributed by atoms with van der Waals surface area (Å²) in [6.07, 6.45) is 1.23. The van der Waals surface area contributed by atoms with Crippen molar-refractivity contribution in [1.82, 2.24) is 4.90 Å². The van der Waals surface area contributed by atoms with E-state index in [9.17, 15) is 4.79 Å². The van der Waals surface area contributed by atoms with Gasteiger partial charge in [0.05, 0.1) is 6.10 Å². The highest BCUT2D eigenvalue weighted by molar-refractivity contribution is 5.47. The molecule has 3 heteroatoms. The van der Waals surface area contributed by atoms with Crippen LogP contribution in [0.1, 0.15) is 6.42 Å². The zero-order valence-corrected chi connectivity index (χ0v) is 4.58. The second-order valence-corrected chi connectivity index (χ2v) is 2.04. The second kappa shape index (κ2) is 2.13. The number of rotatable bonds is 1. The van der Waals surface area contributed by atoms with E-state index in [0.29, 0.717) is 13.1 Å². The lowest BCUT2D eigenvalue weighted by molar-refractivity contribution is -0.117. The van der Waals surface area contributed by atoms with Crippen molar-refractivity contribution in [3.8, 4) is 0 Å². The number of aliphatic hydroxyl groups is 1. The predicted molar refractivity (Wildman–Crippen MR) is 28.3 cm³/mol. The van der Waals surface area contributed by atoms with Crippen LogP contribution < -0.4 is 0 Å². The summed E-state index contributed by atoms with van der Waals surface area (Å²) in [6, 6.07) is 0. The highest BCUT2D eigenvalue weighted by Crippen LogP contribution is 2.04. The van der Waals surface area contributed by atoms with Gasteiger partial charge in [0.25, 0.3) is 0 Å². The van der Waals surface area contributed by atoms with Gasteiger partial charge in [-0.2, -0.15) is 0 Å². The lowest BCUT2D eigenvalue weighted by Gasteiger charge is -2.04. The lowest BCUT2D eigenvalue weighted by atomic mass is 10.3. The van der Waals surface area contributed by atoms with Crippen LogP contribution in [0.15, 0.2) is 0 Å². The maximum absolute atomic E-state index is 9.97. The van der Waals surface area contributed by atoms with Crippen LogP contribution in [-0.4, -0.2) is 35.6 Å². The first-order valence-electron chi connectivity index (χ1n) is 2.70. The first-order chi connectivity index (χ1) is 3.83. The van der Waals surface area contributed by atoms with Crippen molar-refractivity contribution in [1.29, 1.82) is 0 Å². The molecule has 1 N–H and O–H groups in total. The summed E-state index contributed by atoms with van der Waals surface area (Å²) >= 11 is 0. The Morgan fingerprint density at radius 2 is 2.50 bits per heavy atom. The third kappa shape index (κ3) is 0.980. The third-order valence-corrected chi connectivity index (χ3v) is 1.34. The largest absolute Gasteiger partial charge is 0.391 e. The van der Waals surface area contributed by atoms with Gasteiger partial charge in [0.15, 0.2) is 0 Å². The molecular weight excluding hydrogens is 106 g/mol. The van der Waals surface area contributed by atoms with Gasteiger partial charge in [-0.3, -0.25) is 4.79 Å². The van der Waals surface area contributed by atoms with E-state index < -0.39 is 0 Å². The Morgan fingerprint density at radius 3 is 2.75 bits per heavy atom. The number of β-amino-alcohol motifs (C(OH)–C–C–N with tert-alkyl or cyclic N) is 1. The molecule has 1 aliphatic heterocycles. The number of aliphatic hydroxyl groups excluding tert-OH is 1. The van der Waals surface area contributed by atoms with Crippen molar-refractivity contribution in [2.75, 3.05) is 13.1 Å². The number of carbonyl (C=O) groups excluding carboxylic acids is 1. The maximum Gasteiger partial charge on any atom is 0.209 e. The van der Waals surface area contributed by atoms with Gasteiger partial charge < -0.3 is 10.0 Å². The molecule has 1 amide bonds. The Hall–Kier alpha value is -0.570. The highest BCUT2D eigenvalue weighted by Gasteiger charge is 2.17. The fourth-order valence-corrected chi connectivity index (χ4v) is 0.864. The van der Waals surface area contributed by atoms with Gasteiger partial charge in [-0.25, -0.2) is 0 Å². The molecule has 1 aliphatic rings. The molecule has 0 bridgehead atoms. The first kappa shape index (κ1) is 5.56. The molecule has 0 spiro atoms. The fraction of sp³-hybridized carbons (Fsp3) is 0.800. The summed E-state index contributed by atoms with van der Waals surface area (Å²) in [5.74, 6) is 0. The number of hydrogen-bond donors (Lipinski definition) is 1. The van der Waals surface area contributed by atoms with Gasteiger partial charge in [-0.05, 0) is 6.42 Å². The summed E-state index contributed by atoms with van der Waals surface area (Å²) in [5, 5.41) is 8.83. The van der Waals surface area contributed by atoms with E-state index >= 15 is 0 Å². The quantitative estimate of drug-likeness (QED) is 0.455. The van der Waals surface area contributed by atoms with Crippen LogP contribution in [0, 0.1) is 0 Å². The van der Waals surface area contributed by atoms with Crippen LogP contribution in [0.4, 0.5) is 0 Å². The van der Waals surface area contributed by atoms with Crippen LogP contribution in [0.25, 0.3) is 0 Å². The minimum atomic E-state index is -0.278. The molecule has 0 radical (unpaired) electrons. The van der Waals surface area contributed by atoms with E-state index in [1.807, 2.05) is 0 Å². The molecule has 0 saturated carbocycles. The van der Waals surface area contributed by atoms with Crippen molar-refractivity contribution in [2.24, 2.45) is 0 Å². The molecule has 0 aromatic rings. The number of likely N-dealkylation sites (tertiary alicyclic amines) is 1. The molecule has 0 aromatic heterocycles. The predicted octanol–water partition coefficient (Wildman–Crippen LogP) is -0.791. The van der Waals surface area contributed by atoms with Crippen LogP contribution in [0.2, 0.25) is 0 Å². The molecule has 1 rings (SSSR count). The first-order valence-corrected chi connectivity index (χ1v) is 2.70. The number of nitrogens with zero attached hydrogens (tertiary/aromatic N) is 1. The van der Waals surface area contributed by atoms with Gasteiger partial charge in [0.1, 0.15) is 0 Å².